The molecule has 1 saturated carbocycles. The molecule has 0 bridgehead atoms. The minimum Gasteiger partial charge on any atom is -0.349 e. The molecule has 8 heteroatoms. The molecule has 1 saturated heterocycles. The first kappa shape index (κ1) is 20.2. The van der Waals surface area contributed by atoms with Crippen LogP contribution in [0.3, 0.4) is 0 Å². The number of likely N-dealkylation sites (tertiary alicyclic amines) is 1. The van der Waals surface area contributed by atoms with Crippen molar-refractivity contribution in [3.63, 3.8) is 0 Å². The Kier molecular flexibility index (Phi) is 5.24. The van der Waals surface area contributed by atoms with Crippen LogP contribution in [0.15, 0.2) is 24.3 Å². The molecule has 1 aromatic heterocycles. The van der Waals surface area contributed by atoms with Gasteiger partial charge in [0, 0.05) is 32.6 Å². The van der Waals surface area contributed by atoms with Crippen molar-refractivity contribution in [2.45, 2.75) is 51.5 Å². The Labute approximate surface area is 181 Å². The van der Waals surface area contributed by atoms with Gasteiger partial charge in [-0.3, -0.25) is 9.59 Å². The molecule has 3 heterocycles. The fourth-order valence-electron chi connectivity index (χ4n) is 4.90. The monoisotopic (exact) mass is 425 g/mol. The predicted octanol–water partition coefficient (Wildman–Crippen LogP) is 2.35. The highest BCUT2D eigenvalue weighted by Crippen LogP contribution is 2.41. The van der Waals surface area contributed by atoms with Gasteiger partial charge in [-0.05, 0) is 61.1 Å². The summed E-state index contributed by atoms with van der Waals surface area (Å²) in [5, 5.41) is 11.4. The van der Waals surface area contributed by atoms with Gasteiger partial charge in [-0.15, -0.1) is 10.2 Å². The van der Waals surface area contributed by atoms with Gasteiger partial charge < -0.3 is 14.8 Å². The summed E-state index contributed by atoms with van der Waals surface area (Å²) in [6, 6.07) is 6.25. The van der Waals surface area contributed by atoms with E-state index in [0.29, 0.717) is 36.9 Å². The first-order valence-corrected chi connectivity index (χ1v) is 11.2. The van der Waals surface area contributed by atoms with Crippen LogP contribution >= 0.6 is 0 Å². The number of rotatable bonds is 5. The van der Waals surface area contributed by atoms with E-state index in [2.05, 4.69) is 15.5 Å². The van der Waals surface area contributed by atoms with Gasteiger partial charge in [-0.2, -0.15) is 0 Å². The molecule has 1 aromatic carbocycles. The van der Waals surface area contributed by atoms with E-state index in [1.807, 2.05) is 9.47 Å². The van der Waals surface area contributed by atoms with Crippen LogP contribution in [0.1, 0.15) is 54.1 Å². The molecule has 7 nitrogen and oxygen atoms in total. The second-order valence-corrected chi connectivity index (χ2v) is 9.37. The molecule has 1 N–H and O–H groups in total. The average Bonchev–Trinajstić information content (AvgIpc) is 3.39. The topological polar surface area (TPSA) is 80.1 Å². The number of halogens is 1. The number of fused-ring (bicyclic) bond motifs is 1. The van der Waals surface area contributed by atoms with Crippen molar-refractivity contribution in [3.05, 3.63) is 47.3 Å². The molecule has 1 unspecified atom stereocenters. The molecule has 2 fully saturated rings. The lowest BCUT2D eigenvalue weighted by molar-refractivity contribution is -0.129. The number of carbonyl (C=O) groups is 2. The molecule has 1 aliphatic carbocycles. The van der Waals surface area contributed by atoms with E-state index >= 15 is 0 Å². The summed E-state index contributed by atoms with van der Waals surface area (Å²) in [5.74, 6) is 1.48. The second kappa shape index (κ2) is 8.05. The fraction of sp³-hybridized carbons (Fsp3) is 0.565. The summed E-state index contributed by atoms with van der Waals surface area (Å²) in [7, 11) is 0. The Balaban J connectivity index is 1.22. The lowest BCUT2D eigenvalue weighted by Gasteiger charge is -2.27. The van der Waals surface area contributed by atoms with Crippen LogP contribution in [0.4, 0.5) is 4.39 Å². The van der Waals surface area contributed by atoms with Crippen LogP contribution in [-0.2, 0) is 24.2 Å². The molecule has 1 spiro atoms. The Bertz CT molecular complexity index is 1000. The maximum absolute atomic E-state index is 13.4. The van der Waals surface area contributed by atoms with E-state index in [1.54, 1.807) is 12.1 Å². The van der Waals surface area contributed by atoms with E-state index < -0.39 is 0 Å². The highest BCUT2D eigenvalue weighted by atomic mass is 19.1. The van der Waals surface area contributed by atoms with Crippen molar-refractivity contribution in [3.8, 4) is 0 Å². The van der Waals surface area contributed by atoms with Crippen molar-refractivity contribution >= 4 is 11.8 Å². The first-order valence-electron chi connectivity index (χ1n) is 11.2. The maximum Gasteiger partial charge on any atom is 0.289 e. The van der Waals surface area contributed by atoms with Crippen LogP contribution in [-0.4, -0.2) is 51.1 Å². The number of hydrogen-bond acceptors (Lipinski definition) is 4. The third-order valence-electron chi connectivity index (χ3n) is 7.06. The van der Waals surface area contributed by atoms with Crippen molar-refractivity contribution < 1.29 is 14.0 Å². The molecule has 164 valence electrons. The van der Waals surface area contributed by atoms with Gasteiger partial charge in [0.15, 0.2) is 0 Å². The molecule has 5 rings (SSSR count). The molecular formula is C23H28FN5O2. The van der Waals surface area contributed by atoms with E-state index in [-0.39, 0.29) is 29.5 Å². The first-order chi connectivity index (χ1) is 15.0. The Morgan fingerprint density at radius 1 is 1.16 bits per heavy atom. The third kappa shape index (κ3) is 4.34. The van der Waals surface area contributed by atoms with Crippen molar-refractivity contribution in [1.29, 1.82) is 0 Å². The fourth-order valence-corrected chi connectivity index (χ4v) is 4.90. The molecule has 2 aliphatic heterocycles. The molecular weight excluding hydrogens is 397 g/mol. The van der Waals surface area contributed by atoms with Crippen LogP contribution in [0.5, 0.6) is 0 Å². The molecule has 1 atom stereocenters. The normalized spacial score (nSPS) is 22.9. The summed E-state index contributed by atoms with van der Waals surface area (Å²) >= 11 is 0. The molecule has 3 aliphatic rings. The van der Waals surface area contributed by atoms with E-state index in [1.165, 1.54) is 25.0 Å². The summed E-state index contributed by atoms with van der Waals surface area (Å²) in [6.07, 6.45) is 6.14. The average molecular weight is 426 g/mol. The van der Waals surface area contributed by atoms with Gasteiger partial charge in [-0.1, -0.05) is 12.1 Å². The number of nitrogens with zero attached hydrogens (tertiary/aromatic N) is 4. The summed E-state index contributed by atoms with van der Waals surface area (Å²) in [6.45, 7) is 2.85. The van der Waals surface area contributed by atoms with E-state index in [4.69, 9.17) is 0 Å². The minimum absolute atomic E-state index is 0.0417. The van der Waals surface area contributed by atoms with Crippen LogP contribution < -0.4 is 5.32 Å². The number of aromatic nitrogens is 3. The quantitative estimate of drug-likeness (QED) is 0.798. The molecule has 0 radical (unpaired) electrons. The Morgan fingerprint density at radius 2 is 2.00 bits per heavy atom. The second-order valence-electron chi connectivity index (χ2n) is 9.37. The van der Waals surface area contributed by atoms with E-state index in [9.17, 15) is 14.0 Å². The smallest absolute Gasteiger partial charge is 0.289 e. The van der Waals surface area contributed by atoms with Gasteiger partial charge in [0.25, 0.3) is 5.91 Å². The summed E-state index contributed by atoms with van der Waals surface area (Å²) in [4.78, 5) is 27.3. The number of benzene rings is 1. The summed E-state index contributed by atoms with van der Waals surface area (Å²) < 4.78 is 15.4. The van der Waals surface area contributed by atoms with Gasteiger partial charge in [0.05, 0.1) is 6.42 Å². The van der Waals surface area contributed by atoms with Crippen LogP contribution in [0.25, 0.3) is 0 Å². The number of hydrogen-bond donors (Lipinski definition) is 1. The van der Waals surface area contributed by atoms with E-state index in [0.717, 1.165) is 38.1 Å². The van der Waals surface area contributed by atoms with Gasteiger partial charge in [0.2, 0.25) is 11.7 Å². The van der Waals surface area contributed by atoms with Gasteiger partial charge in [-0.25, -0.2) is 4.39 Å². The summed E-state index contributed by atoms with van der Waals surface area (Å²) in [5.41, 5.74) is 0.750. The zero-order valence-electron chi connectivity index (χ0n) is 17.6. The van der Waals surface area contributed by atoms with Gasteiger partial charge >= 0.3 is 0 Å². The maximum atomic E-state index is 13.4. The Hall–Kier alpha value is -2.77. The number of aryl methyl sites for hydroxylation is 1. The zero-order valence-corrected chi connectivity index (χ0v) is 17.6. The molecule has 31 heavy (non-hydrogen) atoms. The lowest BCUT2D eigenvalue weighted by atomic mass is 9.80. The lowest BCUT2D eigenvalue weighted by Crippen LogP contribution is -2.33. The SMILES string of the molecule is O=C(NCC1CC1)c1nnc2n1CCC1(CC2)CCN(C(=O)Cc2cccc(F)c2)C1. The van der Waals surface area contributed by atoms with Gasteiger partial charge in [0.1, 0.15) is 11.6 Å². The van der Waals surface area contributed by atoms with Crippen molar-refractivity contribution in [2.75, 3.05) is 19.6 Å². The Morgan fingerprint density at radius 3 is 2.81 bits per heavy atom. The zero-order chi connectivity index (χ0) is 21.4. The largest absolute Gasteiger partial charge is 0.349 e. The number of nitrogens with one attached hydrogen (secondary N) is 1. The minimum atomic E-state index is -0.313. The standard InChI is InChI=1S/C23H28FN5O2/c24-18-3-1-2-17(12-18)13-20(30)28-10-8-23(15-28)7-6-19-26-27-21(29(19)11-9-23)22(31)25-14-16-4-5-16/h1-3,12,16H,4-11,13-15H2,(H,25,31). The predicted molar refractivity (Wildman–Crippen MR) is 112 cm³/mol. The highest BCUT2D eigenvalue weighted by molar-refractivity contribution is 5.90. The van der Waals surface area contributed by atoms with Crippen LogP contribution in [0.2, 0.25) is 0 Å². The van der Waals surface area contributed by atoms with Crippen molar-refractivity contribution in [1.82, 2.24) is 25.0 Å². The molecule has 2 amide bonds. The molecule has 2 aromatic rings. The number of amides is 2. The third-order valence-corrected chi connectivity index (χ3v) is 7.06. The van der Waals surface area contributed by atoms with Crippen molar-refractivity contribution in [2.24, 2.45) is 11.3 Å². The number of carbonyl (C=O) groups excluding carboxylic acids is 2. The van der Waals surface area contributed by atoms with Crippen LogP contribution in [0, 0.1) is 17.2 Å². The highest BCUT2D eigenvalue weighted by Gasteiger charge is 2.41.